The van der Waals surface area contributed by atoms with Gasteiger partial charge in [-0.15, -0.1) is 0 Å². The van der Waals surface area contributed by atoms with Crippen molar-refractivity contribution in [3.8, 4) is 6.07 Å². The molecule has 1 spiro atoms. The maximum atomic E-state index is 13.4. The van der Waals surface area contributed by atoms with Crippen molar-refractivity contribution in [3.05, 3.63) is 29.3 Å². The van der Waals surface area contributed by atoms with Crippen LogP contribution in [0.5, 0.6) is 0 Å². The number of primary amides is 1. The van der Waals surface area contributed by atoms with Crippen LogP contribution in [-0.4, -0.2) is 42.9 Å². The Bertz CT molecular complexity index is 957. The molecular weight excluding hydrogens is 433 g/mol. The normalized spacial score (nSPS) is 23.5. The molecule has 33 heavy (non-hydrogen) atoms. The molecule has 2 heterocycles. The topological polar surface area (TPSA) is 90.4 Å². The largest absolute Gasteiger partial charge is 0.417 e. The molecular formula is C24H29F3N4O2. The van der Waals surface area contributed by atoms with Gasteiger partial charge in [-0.1, -0.05) is 19.3 Å². The Morgan fingerprint density at radius 1 is 1.12 bits per heavy atom. The highest BCUT2D eigenvalue weighted by molar-refractivity contribution is 5.83. The molecule has 6 nitrogen and oxygen atoms in total. The maximum Gasteiger partial charge on any atom is 0.417 e. The molecule has 0 bridgehead atoms. The van der Waals surface area contributed by atoms with Crippen molar-refractivity contribution in [1.29, 1.82) is 5.26 Å². The van der Waals surface area contributed by atoms with Crippen LogP contribution in [0.1, 0.15) is 56.1 Å². The van der Waals surface area contributed by atoms with Gasteiger partial charge >= 0.3 is 6.18 Å². The number of nitriles is 1. The molecule has 178 valence electrons. The quantitative estimate of drug-likeness (QED) is 0.742. The van der Waals surface area contributed by atoms with Gasteiger partial charge in [-0.05, 0) is 43.9 Å². The number of nitrogens with two attached hydrogens (primary N) is 1. The SMILES string of the molecule is N#Cc1ccc(N2CCC3(CC2)CN(C(=O)C2CCCCC2)CC3C(N)=O)cc1C(F)(F)F. The van der Waals surface area contributed by atoms with E-state index in [0.29, 0.717) is 44.7 Å². The van der Waals surface area contributed by atoms with E-state index in [1.807, 2.05) is 9.80 Å². The smallest absolute Gasteiger partial charge is 0.371 e. The van der Waals surface area contributed by atoms with Crippen molar-refractivity contribution >= 4 is 17.5 Å². The predicted octanol–water partition coefficient (Wildman–Crippen LogP) is 3.69. The van der Waals surface area contributed by atoms with Gasteiger partial charge in [0.15, 0.2) is 0 Å². The van der Waals surface area contributed by atoms with Crippen LogP contribution in [0.2, 0.25) is 0 Å². The molecule has 1 saturated carbocycles. The molecule has 3 fully saturated rings. The second-order valence-electron chi connectivity index (χ2n) is 9.70. The second kappa shape index (κ2) is 8.88. The van der Waals surface area contributed by atoms with Crippen molar-refractivity contribution in [2.75, 3.05) is 31.1 Å². The molecule has 1 aliphatic carbocycles. The average molecular weight is 463 g/mol. The average Bonchev–Trinajstić information content (AvgIpc) is 3.18. The Balaban J connectivity index is 1.50. The van der Waals surface area contributed by atoms with E-state index in [0.717, 1.165) is 38.2 Å². The lowest BCUT2D eigenvalue weighted by molar-refractivity contribution is -0.138. The lowest BCUT2D eigenvalue weighted by atomic mass is 9.70. The first kappa shape index (κ1) is 23.4. The van der Waals surface area contributed by atoms with E-state index in [4.69, 9.17) is 11.0 Å². The van der Waals surface area contributed by atoms with Gasteiger partial charge in [0.25, 0.3) is 0 Å². The van der Waals surface area contributed by atoms with Crippen LogP contribution in [-0.2, 0) is 15.8 Å². The minimum absolute atomic E-state index is 0.0157. The van der Waals surface area contributed by atoms with Crippen molar-refractivity contribution in [1.82, 2.24) is 4.90 Å². The molecule has 2 N–H and O–H groups in total. The van der Waals surface area contributed by atoms with Crippen LogP contribution in [0.4, 0.5) is 18.9 Å². The third-order valence-electron chi connectivity index (χ3n) is 7.81. The monoisotopic (exact) mass is 462 g/mol. The number of halogens is 3. The zero-order chi connectivity index (χ0) is 23.8. The molecule has 1 aromatic carbocycles. The van der Waals surface area contributed by atoms with Crippen molar-refractivity contribution in [3.63, 3.8) is 0 Å². The summed E-state index contributed by atoms with van der Waals surface area (Å²) in [6, 6.07) is 5.36. The number of likely N-dealkylation sites (tertiary alicyclic amines) is 1. The van der Waals surface area contributed by atoms with Crippen molar-refractivity contribution < 1.29 is 22.8 Å². The summed E-state index contributed by atoms with van der Waals surface area (Å²) >= 11 is 0. The number of anilines is 1. The Labute approximate surface area is 191 Å². The lowest BCUT2D eigenvalue weighted by Gasteiger charge is -2.42. The van der Waals surface area contributed by atoms with E-state index in [-0.39, 0.29) is 11.8 Å². The van der Waals surface area contributed by atoms with Crippen LogP contribution in [0, 0.1) is 28.6 Å². The van der Waals surface area contributed by atoms with Crippen LogP contribution in [0.3, 0.4) is 0 Å². The Morgan fingerprint density at radius 2 is 1.79 bits per heavy atom. The van der Waals surface area contributed by atoms with E-state index in [1.165, 1.54) is 12.1 Å². The summed E-state index contributed by atoms with van der Waals surface area (Å²) in [4.78, 5) is 29.1. The first-order valence-corrected chi connectivity index (χ1v) is 11.6. The van der Waals surface area contributed by atoms with Gasteiger partial charge < -0.3 is 15.5 Å². The number of benzene rings is 1. The number of carbonyl (C=O) groups is 2. The molecule has 0 radical (unpaired) electrons. The number of hydrogen-bond donors (Lipinski definition) is 1. The van der Waals surface area contributed by atoms with Crippen molar-refractivity contribution in [2.45, 2.75) is 51.1 Å². The number of hydrogen-bond acceptors (Lipinski definition) is 4. The van der Waals surface area contributed by atoms with E-state index >= 15 is 0 Å². The minimum Gasteiger partial charge on any atom is -0.371 e. The van der Waals surface area contributed by atoms with Gasteiger partial charge in [0.1, 0.15) is 0 Å². The molecule has 1 unspecified atom stereocenters. The molecule has 9 heteroatoms. The lowest BCUT2D eigenvalue weighted by Crippen LogP contribution is -2.47. The molecule has 3 aliphatic rings. The minimum atomic E-state index is -4.61. The third kappa shape index (κ3) is 4.53. The number of alkyl halides is 3. The summed E-state index contributed by atoms with van der Waals surface area (Å²) in [5, 5.41) is 9.03. The van der Waals surface area contributed by atoms with Gasteiger partial charge in [-0.2, -0.15) is 18.4 Å². The van der Waals surface area contributed by atoms with Gasteiger partial charge in [-0.25, -0.2) is 0 Å². The van der Waals surface area contributed by atoms with Crippen molar-refractivity contribution in [2.24, 2.45) is 23.0 Å². The van der Waals surface area contributed by atoms with Gasteiger partial charge in [0.2, 0.25) is 11.8 Å². The molecule has 4 rings (SSSR count). The van der Waals surface area contributed by atoms with Crippen LogP contribution in [0.25, 0.3) is 0 Å². The molecule has 2 aliphatic heterocycles. The Morgan fingerprint density at radius 3 is 2.36 bits per heavy atom. The number of piperidine rings is 1. The fraction of sp³-hybridized carbons (Fsp3) is 0.625. The van der Waals surface area contributed by atoms with Crippen LogP contribution >= 0.6 is 0 Å². The Hall–Kier alpha value is -2.76. The van der Waals surface area contributed by atoms with Gasteiger partial charge in [0, 0.05) is 43.2 Å². The number of carbonyl (C=O) groups excluding carboxylic acids is 2. The molecule has 1 aromatic rings. The molecule has 1 atom stereocenters. The zero-order valence-corrected chi connectivity index (χ0v) is 18.5. The number of amides is 2. The van der Waals surface area contributed by atoms with E-state index < -0.39 is 34.5 Å². The highest BCUT2D eigenvalue weighted by Gasteiger charge is 2.52. The molecule has 0 aromatic heterocycles. The van der Waals surface area contributed by atoms with E-state index in [9.17, 15) is 22.8 Å². The van der Waals surface area contributed by atoms with E-state index in [2.05, 4.69) is 0 Å². The maximum absolute atomic E-state index is 13.4. The first-order valence-electron chi connectivity index (χ1n) is 11.6. The third-order valence-corrected chi connectivity index (χ3v) is 7.81. The summed E-state index contributed by atoms with van der Waals surface area (Å²) in [6.45, 7) is 1.72. The van der Waals surface area contributed by atoms with Gasteiger partial charge in [-0.3, -0.25) is 9.59 Å². The summed E-state index contributed by atoms with van der Waals surface area (Å²) in [7, 11) is 0. The summed E-state index contributed by atoms with van der Waals surface area (Å²) in [6.07, 6.45) is 1.55. The molecule has 2 amide bonds. The fourth-order valence-electron chi connectivity index (χ4n) is 5.91. The Kier molecular flexibility index (Phi) is 6.30. The summed E-state index contributed by atoms with van der Waals surface area (Å²) in [5.74, 6) is -0.733. The van der Waals surface area contributed by atoms with Crippen LogP contribution in [0.15, 0.2) is 18.2 Å². The highest BCUT2D eigenvalue weighted by atomic mass is 19.4. The van der Waals surface area contributed by atoms with E-state index in [1.54, 1.807) is 6.07 Å². The highest BCUT2D eigenvalue weighted by Crippen LogP contribution is 2.46. The first-order chi connectivity index (χ1) is 15.6. The van der Waals surface area contributed by atoms with Gasteiger partial charge in [0.05, 0.1) is 23.1 Å². The number of nitrogens with zero attached hydrogens (tertiary/aromatic N) is 3. The van der Waals surface area contributed by atoms with Crippen LogP contribution < -0.4 is 10.6 Å². The standard InChI is InChI=1S/C24H29F3N4O2/c25-24(26,27)19-12-18(7-6-17(19)13-28)30-10-8-23(9-11-30)15-31(14-20(23)21(29)32)22(33)16-4-2-1-3-5-16/h6-7,12,16,20H,1-5,8-11,14-15H2,(H2,29,32). The second-order valence-corrected chi connectivity index (χ2v) is 9.70. The fourth-order valence-corrected chi connectivity index (χ4v) is 5.91. The predicted molar refractivity (Wildman–Crippen MR) is 116 cm³/mol. The zero-order valence-electron chi connectivity index (χ0n) is 18.5. The summed E-state index contributed by atoms with van der Waals surface area (Å²) in [5.41, 5.74) is 4.36. The molecule has 2 saturated heterocycles. The summed E-state index contributed by atoms with van der Waals surface area (Å²) < 4.78 is 40.1. The number of rotatable bonds is 3.